The number of likely N-dealkylation sites (tertiary alicyclic amines) is 1. The maximum Gasteiger partial charge on any atom is 0.251 e. The zero-order valence-electron chi connectivity index (χ0n) is 11.3. The average molecular weight is 327 g/mol. The number of nitrogens with zero attached hydrogens (tertiary/aromatic N) is 1. The molecule has 0 aliphatic carbocycles. The van der Waals surface area contributed by atoms with E-state index in [2.05, 4.69) is 33.2 Å². The monoisotopic (exact) mass is 326 g/mol. The zero-order valence-corrected chi connectivity index (χ0v) is 12.9. The van der Waals surface area contributed by atoms with Crippen LogP contribution in [-0.4, -0.2) is 44.1 Å². The molecule has 104 valence electrons. The Morgan fingerprint density at radius 2 is 2.11 bits per heavy atom. The van der Waals surface area contributed by atoms with Crippen molar-refractivity contribution >= 4 is 21.8 Å². The number of ether oxygens (including phenoxy) is 1. The Balaban J connectivity index is 1.98. The van der Waals surface area contributed by atoms with Gasteiger partial charge in [0.15, 0.2) is 0 Å². The van der Waals surface area contributed by atoms with Crippen molar-refractivity contribution in [3.63, 3.8) is 0 Å². The molecule has 1 N–H and O–H groups in total. The number of nitrogens with one attached hydrogen (secondary N) is 1. The van der Waals surface area contributed by atoms with Crippen LogP contribution in [0.4, 0.5) is 0 Å². The second-order valence-electron chi connectivity index (χ2n) is 4.90. The summed E-state index contributed by atoms with van der Waals surface area (Å²) < 4.78 is 5.95. The number of carbonyl (C=O) groups is 1. The SMILES string of the molecule is COc1ccc(C(=O)NC2CCN(C)CC2)cc1Br. The van der Waals surface area contributed by atoms with E-state index >= 15 is 0 Å². The summed E-state index contributed by atoms with van der Waals surface area (Å²) in [7, 11) is 3.72. The van der Waals surface area contributed by atoms with Crippen molar-refractivity contribution in [1.82, 2.24) is 10.2 Å². The Bertz CT molecular complexity index is 457. The number of hydrogen-bond donors (Lipinski definition) is 1. The third-order valence-corrected chi connectivity index (χ3v) is 4.09. The molecule has 1 aromatic rings. The quantitative estimate of drug-likeness (QED) is 0.926. The second-order valence-corrected chi connectivity index (χ2v) is 5.75. The van der Waals surface area contributed by atoms with Crippen LogP contribution in [0.25, 0.3) is 0 Å². The predicted molar refractivity (Wildman–Crippen MR) is 78.7 cm³/mol. The lowest BCUT2D eigenvalue weighted by atomic mass is 10.0. The average Bonchev–Trinajstić information content (AvgIpc) is 2.41. The fourth-order valence-corrected chi connectivity index (χ4v) is 2.77. The molecule has 1 saturated heterocycles. The van der Waals surface area contributed by atoms with E-state index in [1.165, 1.54) is 0 Å². The van der Waals surface area contributed by atoms with Gasteiger partial charge in [0.1, 0.15) is 5.75 Å². The van der Waals surface area contributed by atoms with Gasteiger partial charge in [0, 0.05) is 11.6 Å². The van der Waals surface area contributed by atoms with E-state index in [1.807, 2.05) is 0 Å². The number of amides is 1. The fourth-order valence-electron chi connectivity index (χ4n) is 2.23. The van der Waals surface area contributed by atoms with Gasteiger partial charge in [0.05, 0.1) is 11.6 Å². The Morgan fingerprint density at radius 3 is 2.68 bits per heavy atom. The number of hydrogen-bond acceptors (Lipinski definition) is 3. The number of halogens is 1. The molecule has 0 radical (unpaired) electrons. The summed E-state index contributed by atoms with van der Waals surface area (Å²) in [5.41, 5.74) is 0.659. The number of rotatable bonds is 3. The van der Waals surface area contributed by atoms with Crippen molar-refractivity contribution in [3.05, 3.63) is 28.2 Å². The molecule has 0 bridgehead atoms. The molecule has 1 aliphatic heterocycles. The smallest absolute Gasteiger partial charge is 0.251 e. The first kappa shape index (κ1) is 14.3. The molecule has 0 unspecified atom stereocenters. The summed E-state index contributed by atoms with van der Waals surface area (Å²) in [6, 6.07) is 5.66. The van der Waals surface area contributed by atoms with Gasteiger partial charge in [0.25, 0.3) is 5.91 Å². The van der Waals surface area contributed by atoms with E-state index in [-0.39, 0.29) is 11.9 Å². The molecule has 0 saturated carbocycles. The fraction of sp³-hybridized carbons (Fsp3) is 0.500. The maximum atomic E-state index is 12.2. The highest BCUT2D eigenvalue weighted by molar-refractivity contribution is 9.10. The summed E-state index contributed by atoms with van der Waals surface area (Å²) in [5.74, 6) is 0.716. The lowest BCUT2D eigenvalue weighted by Gasteiger charge is -2.29. The minimum atomic E-state index is -0.0158. The Morgan fingerprint density at radius 1 is 1.42 bits per heavy atom. The molecular weight excluding hydrogens is 308 g/mol. The molecular formula is C14H19BrN2O2. The van der Waals surface area contributed by atoms with Gasteiger partial charge < -0.3 is 15.0 Å². The van der Waals surface area contributed by atoms with Gasteiger partial charge in [-0.3, -0.25) is 4.79 Å². The largest absolute Gasteiger partial charge is 0.496 e. The third-order valence-electron chi connectivity index (χ3n) is 3.47. The van der Waals surface area contributed by atoms with Gasteiger partial charge in [-0.1, -0.05) is 0 Å². The van der Waals surface area contributed by atoms with Crippen molar-refractivity contribution in [1.29, 1.82) is 0 Å². The van der Waals surface area contributed by atoms with E-state index in [9.17, 15) is 4.79 Å². The third kappa shape index (κ3) is 3.70. The Kier molecular flexibility index (Phi) is 4.82. The van der Waals surface area contributed by atoms with Crippen LogP contribution in [-0.2, 0) is 0 Å². The van der Waals surface area contributed by atoms with Crippen LogP contribution in [0.2, 0.25) is 0 Å². The summed E-state index contributed by atoms with van der Waals surface area (Å²) in [4.78, 5) is 14.4. The summed E-state index contributed by atoms with van der Waals surface area (Å²) in [5, 5.41) is 3.09. The molecule has 1 heterocycles. The molecule has 5 heteroatoms. The van der Waals surface area contributed by atoms with E-state index < -0.39 is 0 Å². The lowest BCUT2D eigenvalue weighted by Crippen LogP contribution is -2.43. The van der Waals surface area contributed by atoms with Crippen molar-refractivity contribution in [3.8, 4) is 5.75 Å². The van der Waals surface area contributed by atoms with Crippen molar-refractivity contribution in [2.75, 3.05) is 27.2 Å². The summed E-state index contributed by atoms with van der Waals surface area (Å²) in [6.45, 7) is 2.08. The molecule has 19 heavy (non-hydrogen) atoms. The molecule has 1 aliphatic rings. The van der Waals surface area contributed by atoms with Crippen LogP contribution in [0, 0.1) is 0 Å². The number of benzene rings is 1. The topological polar surface area (TPSA) is 41.6 Å². The first-order chi connectivity index (χ1) is 9.10. The molecule has 1 amide bonds. The van der Waals surface area contributed by atoms with E-state index in [0.29, 0.717) is 5.56 Å². The van der Waals surface area contributed by atoms with Crippen LogP contribution in [0.3, 0.4) is 0 Å². The zero-order chi connectivity index (χ0) is 13.8. The van der Waals surface area contributed by atoms with Crippen molar-refractivity contribution in [2.24, 2.45) is 0 Å². The minimum absolute atomic E-state index is 0.0158. The molecule has 2 rings (SSSR count). The maximum absolute atomic E-state index is 12.2. The first-order valence-electron chi connectivity index (χ1n) is 6.43. The lowest BCUT2D eigenvalue weighted by molar-refractivity contribution is 0.0917. The molecule has 0 spiro atoms. The summed E-state index contributed by atoms with van der Waals surface area (Å²) in [6.07, 6.45) is 2.03. The molecule has 0 aromatic heterocycles. The number of piperidine rings is 1. The van der Waals surface area contributed by atoms with Gasteiger partial charge in [-0.15, -0.1) is 0 Å². The van der Waals surface area contributed by atoms with Crippen LogP contribution in [0.1, 0.15) is 23.2 Å². The predicted octanol–water partition coefficient (Wildman–Crippen LogP) is 2.28. The number of methoxy groups -OCH3 is 1. The van der Waals surface area contributed by atoms with E-state index in [1.54, 1.807) is 25.3 Å². The molecule has 0 atom stereocenters. The molecule has 4 nitrogen and oxygen atoms in total. The van der Waals surface area contributed by atoms with Crippen LogP contribution < -0.4 is 10.1 Å². The molecule has 1 fully saturated rings. The first-order valence-corrected chi connectivity index (χ1v) is 7.22. The highest BCUT2D eigenvalue weighted by Gasteiger charge is 2.19. The highest BCUT2D eigenvalue weighted by Crippen LogP contribution is 2.25. The minimum Gasteiger partial charge on any atom is -0.496 e. The van der Waals surface area contributed by atoms with Gasteiger partial charge >= 0.3 is 0 Å². The van der Waals surface area contributed by atoms with Gasteiger partial charge in [0.2, 0.25) is 0 Å². The Hall–Kier alpha value is -1.07. The summed E-state index contributed by atoms with van der Waals surface area (Å²) >= 11 is 3.40. The number of carbonyl (C=O) groups excluding carboxylic acids is 1. The van der Waals surface area contributed by atoms with E-state index in [0.717, 1.165) is 36.2 Å². The Labute approximate surface area is 122 Å². The van der Waals surface area contributed by atoms with Crippen LogP contribution in [0.15, 0.2) is 22.7 Å². The second kappa shape index (κ2) is 6.39. The van der Waals surface area contributed by atoms with Crippen LogP contribution in [0.5, 0.6) is 5.75 Å². The van der Waals surface area contributed by atoms with Crippen molar-refractivity contribution < 1.29 is 9.53 Å². The standard InChI is InChI=1S/C14H19BrN2O2/c1-17-7-5-11(6-8-17)16-14(18)10-3-4-13(19-2)12(15)9-10/h3-4,9,11H,5-8H2,1-2H3,(H,16,18). The van der Waals surface area contributed by atoms with Gasteiger partial charge in [-0.05, 0) is 67.1 Å². The van der Waals surface area contributed by atoms with Gasteiger partial charge in [-0.2, -0.15) is 0 Å². The van der Waals surface area contributed by atoms with Crippen LogP contribution >= 0.6 is 15.9 Å². The van der Waals surface area contributed by atoms with Gasteiger partial charge in [-0.25, -0.2) is 0 Å². The normalized spacial score (nSPS) is 17.2. The highest BCUT2D eigenvalue weighted by atomic mass is 79.9. The van der Waals surface area contributed by atoms with E-state index in [4.69, 9.17) is 4.74 Å². The van der Waals surface area contributed by atoms with Crippen molar-refractivity contribution in [2.45, 2.75) is 18.9 Å². The molecule has 1 aromatic carbocycles.